The molecule has 3 N–H and O–H groups in total. The van der Waals surface area contributed by atoms with Crippen LogP contribution >= 0.6 is 0 Å². The standard InChI is InChI=1S/C10H13NO2/c1-7(10(12)13)6-8-2-4-9(11)5-3-8/h2-5,7H,6,11H2,1H3,(H,12,13)/t7-/m0/s1. The van der Waals surface area contributed by atoms with E-state index in [0.29, 0.717) is 12.1 Å². The molecule has 0 aliphatic rings. The van der Waals surface area contributed by atoms with Crippen LogP contribution in [0.5, 0.6) is 0 Å². The minimum atomic E-state index is -0.767. The lowest BCUT2D eigenvalue weighted by Crippen LogP contribution is -2.12. The fourth-order valence-electron chi connectivity index (χ4n) is 1.09. The van der Waals surface area contributed by atoms with Crippen molar-refractivity contribution in [2.45, 2.75) is 13.3 Å². The lowest BCUT2D eigenvalue weighted by Gasteiger charge is -2.05. The maximum Gasteiger partial charge on any atom is 0.306 e. The van der Waals surface area contributed by atoms with Crippen LogP contribution in [-0.2, 0) is 11.2 Å². The summed E-state index contributed by atoms with van der Waals surface area (Å²) in [6, 6.07) is 7.28. The van der Waals surface area contributed by atoms with Gasteiger partial charge in [0.15, 0.2) is 0 Å². The quantitative estimate of drug-likeness (QED) is 0.691. The van der Waals surface area contributed by atoms with E-state index in [9.17, 15) is 4.79 Å². The summed E-state index contributed by atoms with van der Waals surface area (Å²) in [6.45, 7) is 1.69. The predicted molar refractivity (Wildman–Crippen MR) is 51.4 cm³/mol. The molecule has 1 aromatic rings. The normalized spacial score (nSPS) is 12.4. The van der Waals surface area contributed by atoms with Gasteiger partial charge in [0.1, 0.15) is 0 Å². The van der Waals surface area contributed by atoms with Crippen molar-refractivity contribution in [2.24, 2.45) is 5.92 Å². The largest absolute Gasteiger partial charge is 0.481 e. The zero-order valence-electron chi connectivity index (χ0n) is 7.53. The van der Waals surface area contributed by atoms with Gasteiger partial charge in [-0.3, -0.25) is 4.79 Å². The molecule has 0 saturated heterocycles. The number of benzene rings is 1. The Bertz CT molecular complexity index is 292. The summed E-state index contributed by atoms with van der Waals surface area (Å²) >= 11 is 0. The minimum absolute atomic E-state index is 0.344. The Labute approximate surface area is 77.2 Å². The highest BCUT2D eigenvalue weighted by Gasteiger charge is 2.10. The number of anilines is 1. The van der Waals surface area contributed by atoms with Crippen LogP contribution in [0.4, 0.5) is 5.69 Å². The Kier molecular flexibility index (Phi) is 2.90. The highest BCUT2D eigenvalue weighted by atomic mass is 16.4. The first-order chi connectivity index (χ1) is 6.09. The smallest absolute Gasteiger partial charge is 0.306 e. The number of carbonyl (C=O) groups is 1. The third-order valence-corrected chi connectivity index (χ3v) is 1.94. The molecule has 3 nitrogen and oxygen atoms in total. The van der Waals surface area contributed by atoms with Crippen molar-refractivity contribution in [1.29, 1.82) is 0 Å². The van der Waals surface area contributed by atoms with E-state index in [1.54, 1.807) is 19.1 Å². The van der Waals surface area contributed by atoms with E-state index in [1.807, 2.05) is 12.1 Å². The third kappa shape index (κ3) is 2.78. The summed E-state index contributed by atoms with van der Waals surface area (Å²) in [6.07, 6.45) is 0.551. The van der Waals surface area contributed by atoms with Crippen molar-refractivity contribution < 1.29 is 9.90 Å². The summed E-state index contributed by atoms with van der Waals surface area (Å²) in [5.74, 6) is -1.11. The Morgan fingerprint density at radius 3 is 2.46 bits per heavy atom. The van der Waals surface area contributed by atoms with E-state index in [4.69, 9.17) is 10.8 Å². The molecule has 0 radical (unpaired) electrons. The van der Waals surface area contributed by atoms with E-state index >= 15 is 0 Å². The van der Waals surface area contributed by atoms with E-state index in [0.717, 1.165) is 5.56 Å². The summed E-state index contributed by atoms with van der Waals surface area (Å²) < 4.78 is 0. The van der Waals surface area contributed by atoms with Crippen molar-refractivity contribution >= 4 is 11.7 Å². The van der Waals surface area contributed by atoms with Gasteiger partial charge in [0, 0.05) is 5.69 Å². The van der Waals surface area contributed by atoms with Crippen LogP contribution in [0.15, 0.2) is 24.3 Å². The Morgan fingerprint density at radius 2 is 2.00 bits per heavy atom. The van der Waals surface area contributed by atoms with Gasteiger partial charge in [0.05, 0.1) is 5.92 Å². The second-order valence-electron chi connectivity index (χ2n) is 3.18. The summed E-state index contributed by atoms with van der Waals surface area (Å²) in [5, 5.41) is 8.67. The molecular weight excluding hydrogens is 166 g/mol. The molecule has 0 amide bonds. The number of carboxylic acids is 1. The Hall–Kier alpha value is -1.51. The fourth-order valence-corrected chi connectivity index (χ4v) is 1.09. The van der Waals surface area contributed by atoms with Crippen LogP contribution in [0.1, 0.15) is 12.5 Å². The van der Waals surface area contributed by atoms with E-state index in [-0.39, 0.29) is 5.92 Å². The first-order valence-corrected chi connectivity index (χ1v) is 4.17. The molecule has 13 heavy (non-hydrogen) atoms. The fraction of sp³-hybridized carbons (Fsp3) is 0.300. The molecule has 0 spiro atoms. The van der Waals surface area contributed by atoms with Crippen molar-refractivity contribution in [3.63, 3.8) is 0 Å². The highest BCUT2D eigenvalue weighted by Crippen LogP contribution is 2.10. The van der Waals surface area contributed by atoms with Gasteiger partial charge in [-0.05, 0) is 24.1 Å². The molecule has 1 rings (SSSR count). The third-order valence-electron chi connectivity index (χ3n) is 1.94. The van der Waals surface area contributed by atoms with Gasteiger partial charge >= 0.3 is 5.97 Å². The molecule has 1 atom stereocenters. The maximum absolute atomic E-state index is 10.5. The van der Waals surface area contributed by atoms with Gasteiger partial charge in [-0.15, -0.1) is 0 Å². The minimum Gasteiger partial charge on any atom is -0.481 e. The lowest BCUT2D eigenvalue weighted by atomic mass is 10.0. The van der Waals surface area contributed by atoms with Crippen LogP contribution < -0.4 is 5.73 Å². The van der Waals surface area contributed by atoms with Crippen LogP contribution in [0.3, 0.4) is 0 Å². The van der Waals surface area contributed by atoms with Gasteiger partial charge in [0.25, 0.3) is 0 Å². The molecule has 0 aliphatic heterocycles. The SMILES string of the molecule is C[C@@H](Cc1ccc(N)cc1)C(=O)O. The Balaban J connectivity index is 2.64. The number of hydrogen-bond donors (Lipinski definition) is 2. The molecule has 0 fully saturated rings. The van der Waals surface area contributed by atoms with Gasteiger partial charge in [-0.25, -0.2) is 0 Å². The number of hydrogen-bond acceptors (Lipinski definition) is 2. The summed E-state index contributed by atoms with van der Waals surface area (Å²) in [7, 11) is 0. The van der Waals surface area contributed by atoms with Crippen molar-refractivity contribution in [3.8, 4) is 0 Å². The van der Waals surface area contributed by atoms with Gasteiger partial charge in [-0.1, -0.05) is 19.1 Å². The van der Waals surface area contributed by atoms with Gasteiger partial charge < -0.3 is 10.8 Å². The first-order valence-electron chi connectivity index (χ1n) is 4.17. The molecule has 3 heteroatoms. The van der Waals surface area contributed by atoms with Crippen molar-refractivity contribution in [2.75, 3.05) is 5.73 Å². The molecule has 0 bridgehead atoms. The second-order valence-corrected chi connectivity index (χ2v) is 3.18. The number of carboxylic acid groups (broad SMARTS) is 1. The molecule has 0 unspecified atom stereocenters. The summed E-state index contributed by atoms with van der Waals surface area (Å²) in [5.41, 5.74) is 7.21. The molecule has 1 aromatic carbocycles. The van der Waals surface area contributed by atoms with Crippen LogP contribution in [0, 0.1) is 5.92 Å². The van der Waals surface area contributed by atoms with Crippen LogP contribution in [0.2, 0.25) is 0 Å². The summed E-state index contributed by atoms with van der Waals surface area (Å²) in [4.78, 5) is 10.5. The molecule has 0 heterocycles. The molecule has 70 valence electrons. The maximum atomic E-state index is 10.5. The lowest BCUT2D eigenvalue weighted by molar-refractivity contribution is -0.141. The monoisotopic (exact) mass is 179 g/mol. The predicted octanol–water partition coefficient (Wildman–Crippen LogP) is 1.53. The van der Waals surface area contributed by atoms with E-state index in [2.05, 4.69) is 0 Å². The van der Waals surface area contributed by atoms with Crippen LogP contribution in [0.25, 0.3) is 0 Å². The zero-order valence-corrected chi connectivity index (χ0v) is 7.53. The molecule has 0 saturated carbocycles. The van der Waals surface area contributed by atoms with Crippen molar-refractivity contribution in [3.05, 3.63) is 29.8 Å². The average molecular weight is 179 g/mol. The Morgan fingerprint density at radius 1 is 1.46 bits per heavy atom. The number of aliphatic carboxylic acids is 1. The zero-order chi connectivity index (χ0) is 9.84. The number of nitrogens with two attached hydrogens (primary N) is 1. The van der Waals surface area contributed by atoms with E-state index in [1.165, 1.54) is 0 Å². The highest BCUT2D eigenvalue weighted by molar-refractivity contribution is 5.69. The van der Waals surface area contributed by atoms with Gasteiger partial charge in [-0.2, -0.15) is 0 Å². The number of rotatable bonds is 3. The molecular formula is C10H13NO2. The average Bonchev–Trinajstić information content (AvgIpc) is 2.08. The van der Waals surface area contributed by atoms with Crippen LogP contribution in [-0.4, -0.2) is 11.1 Å². The van der Waals surface area contributed by atoms with Gasteiger partial charge in [0.2, 0.25) is 0 Å². The molecule has 0 aliphatic carbocycles. The van der Waals surface area contributed by atoms with E-state index < -0.39 is 5.97 Å². The van der Waals surface area contributed by atoms with Crippen molar-refractivity contribution in [1.82, 2.24) is 0 Å². The first kappa shape index (κ1) is 9.58. The topological polar surface area (TPSA) is 63.3 Å². The number of nitrogen functional groups attached to an aromatic ring is 1. The molecule has 0 aromatic heterocycles. The second kappa shape index (κ2) is 3.94.